The minimum atomic E-state index is -1.87. The molecule has 3 rings (SSSR count). The maximum Gasteiger partial charge on any atom is 0.408 e. The van der Waals surface area contributed by atoms with Crippen LogP contribution in [0, 0.1) is 5.92 Å². The molecule has 0 spiro atoms. The highest BCUT2D eigenvalue weighted by Crippen LogP contribution is 2.24. The zero-order valence-corrected chi connectivity index (χ0v) is 31.1. The summed E-state index contributed by atoms with van der Waals surface area (Å²) >= 11 is 0. The second-order valence-electron chi connectivity index (χ2n) is 13.4. The van der Waals surface area contributed by atoms with Crippen LogP contribution in [0.15, 0.2) is 60.7 Å². The van der Waals surface area contributed by atoms with Crippen molar-refractivity contribution in [2.45, 2.75) is 89.5 Å². The van der Waals surface area contributed by atoms with E-state index in [0.29, 0.717) is 17.0 Å². The van der Waals surface area contributed by atoms with Gasteiger partial charge in [-0.3, -0.25) is 39.0 Å². The van der Waals surface area contributed by atoms with Gasteiger partial charge in [-0.15, -0.1) is 0 Å². The van der Waals surface area contributed by atoms with Crippen LogP contribution in [-0.4, -0.2) is 117 Å². The van der Waals surface area contributed by atoms with Crippen LogP contribution in [-0.2, 0) is 56.1 Å². The van der Waals surface area contributed by atoms with E-state index in [9.17, 15) is 53.7 Å². The van der Waals surface area contributed by atoms with E-state index in [1.54, 1.807) is 44.2 Å². The highest BCUT2D eigenvalue weighted by atomic mass is 16.6. The van der Waals surface area contributed by atoms with Crippen LogP contribution in [0.25, 0.3) is 0 Å². The summed E-state index contributed by atoms with van der Waals surface area (Å²) < 4.78 is 10.4. The van der Waals surface area contributed by atoms with Crippen LogP contribution >= 0.6 is 0 Å². The molecule has 8 N–H and O–H groups in total. The van der Waals surface area contributed by atoms with Gasteiger partial charge >= 0.3 is 18.0 Å². The molecule has 19 heteroatoms. The number of hydrogen-bond donors (Lipinski definition) is 8. The Balaban J connectivity index is 1.66. The summed E-state index contributed by atoms with van der Waals surface area (Å²) in [7, 11) is 0. The van der Waals surface area contributed by atoms with Crippen LogP contribution in [0.4, 0.5) is 4.79 Å². The van der Waals surface area contributed by atoms with Gasteiger partial charge < -0.3 is 46.1 Å². The SMILES string of the molecule is CC(C)CC(NC(=O)OCc1ccccc1)C(=O)NC(CCC(=O)O)C(=O)NC(C(=O)NN(CC(=O)O)C(=O)[C@@H]1O[C@H]1C(=O)NCCc1ccccc1)C(C)O. The predicted octanol–water partition coefficient (Wildman–Crippen LogP) is -0.387. The molecular formula is C37H48N6O13. The van der Waals surface area contributed by atoms with Crippen molar-refractivity contribution in [2.75, 3.05) is 13.1 Å². The third-order valence-electron chi connectivity index (χ3n) is 8.22. The number of aliphatic hydroxyl groups excluding tert-OH is 1. The van der Waals surface area contributed by atoms with Crippen LogP contribution in [0.2, 0.25) is 0 Å². The Morgan fingerprint density at radius 2 is 1.38 bits per heavy atom. The molecular weight excluding hydrogens is 736 g/mol. The van der Waals surface area contributed by atoms with Crippen molar-refractivity contribution in [1.82, 2.24) is 31.7 Å². The van der Waals surface area contributed by atoms with Gasteiger partial charge in [-0.05, 0) is 43.2 Å². The molecule has 19 nitrogen and oxygen atoms in total. The van der Waals surface area contributed by atoms with Crippen molar-refractivity contribution in [3.05, 3.63) is 71.8 Å². The largest absolute Gasteiger partial charge is 0.481 e. The summed E-state index contributed by atoms with van der Waals surface area (Å²) in [5, 5.41) is 39.2. The fourth-order valence-corrected chi connectivity index (χ4v) is 5.32. The molecule has 1 saturated heterocycles. The zero-order chi connectivity index (χ0) is 41.4. The molecule has 2 aromatic rings. The first-order chi connectivity index (χ1) is 26.5. The molecule has 2 aromatic carbocycles. The summed E-state index contributed by atoms with van der Waals surface area (Å²) in [6.07, 6.45) is -5.83. The highest BCUT2D eigenvalue weighted by Gasteiger charge is 2.52. The maximum absolute atomic E-state index is 13.5. The van der Waals surface area contributed by atoms with Crippen molar-refractivity contribution < 1.29 is 63.1 Å². The molecule has 0 bridgehead atoms. The molecule has 1 aliphatic heterocycles. The fraction of sp³-hybridized carbons (Fsp3) is 0.459. The first-order valence-corrected chi connectivity index (χ1v) is 17.8. The van der Waals surface area contributed by atoms with Crippen LogP contribution in [0.3, 0.4) is 0 Å². The molecule has 1 fully saturated rings. The lowest BCUT2D eigenvalue weighted by Crippen LogP contribution is -2.62. The number of carboxylic acid groups (broad SMARTS) is 2. The third kappa shape index (κ3) is 15.0. The lowest BCUT2D eigenvalue weighted by molar-refractivity contribution is -0.152. The zero-order valence-electron chi connectivity index (χ0n) is 31.1. The van der Waals surface area contributed by atoms with Gasteiger partial charge in [0, 0.05) is 13.0 Å². The molecule has 1 heterocycles. The minimum absolute atomic E-state index is 0.0899. The molecule has 0 radical (unpaired) electrons. The molecule has 1 aliphatic rings. The van der Waals surface area contributed by atoms with Crippen molar-refractivity contribution in [2.24, 2.45) is 5.92 Å². The van der Waals surface area contributed by atoms with Gasteiger partial charge in [0.2, 0.25) is 11.8 Å². The Morgan fingerprint density at radius 1 is 0.768 bits per heavy atom. The highest BCUT2D eigenvalue weighted by molar-refractivity contribution is 5.98. The van der Waals surface area contributed by atoms with E-state index < -0.39 is 103 Å². The van der Waals surface area contributed by atoms with E-state index >= 15 is 0 Å². The number of aliphatic hydroxyl groups is 1. The summed E-state index contributed by atoms with van der Waals surface area (Å²) in [4.78, 5) is 102. The number of benzene rings is 2. The standard InChI is InChI=1S/C37H48N6O13/c1-21(2)18-26(40-37(54)55-20-24-12-8-5-9-13-24)33(50)39-25(14-15-27(45)46)32(49)41-29(22(3)44)34(51)42-43(19-28(47)48)36(53)31-30(56-31)35(52)38-17-16-23-10-6-4-7-11-23/h4-13,21-22,25-26,29-31,44H,14-20H2,1-3H3,(H,38,52)(H,39,50)(H,40,54)(H,41,49)(H,42,51)(H,45,46)(H,47,48)/t22?,25?,26?,29?,30-,31-/m1/s1. The predicted molar refractivity (Wildman–Crippen MR) is 195 cm³/mol. The topological polar surface area (TPSA) is 282 Å². The van der Waals surface area contributed by atoms with E-state index in [1.807, 2.05) is 35.8 Å². The quantitative estimate of drug-likeness (QED) is 0.0593. The van der Waals surface area contributed by atoms with Gasteiger partial charge in [-0.1, -0.05) is 74.5 Å². The smallest absolute Gasteiger partial charge is 0.408 e. The number of epoxide rings is 1. The number of rotatable bonds is 21. The lowest BCUT2D eigenvalue weighted by atomic mass is 10.0. The number of amides is 6. The Bertz CT molecular complexity index is 1690. The van der Waals surface area contributed by atoms with E-state index in [2.05, 4.69) is 21.3 Å². The van der Waals surface area contributed by atoms with E-state index in [-0.39, 0.29) is 25.5 Å². The van der Waals surface area contributed by atoms with E-state index in [1.165, 1.54) is 0 Å². The van der Waals surface area contributed by atoms with Crippen molar-refractivity contribution in [1.29, 1.82) is 0 Å². The first-order valence-electron chi connectivity index (χ1n) is 17.8. The number of carboxylic acids is 2. The van der Waals surface area contributed by atoms with Gasteiger partial charge in [0.05, 0.1) is 6.10 Å². The van der Waals surface area contributed by atoms with Gasteiger partial charge in [0.25, 0.3) is 17.7 Å². The third-order valence-corrected chi connectivity index (χ3v) is 8.22. The summed E-state index contributed by atoms with van der Waals surface area (Å²) in [6, 6.07) is 13.3. The lowest BCUT2D eigenvalue weighted by Gasteiger charge is -2.28. The number of alkyl carbamates (subject to hydrolysis) is 1. The summed E-state index contributed by atoms with van der Waals surface area (Å²) in [5.74, 6) is -8.03. The first kappa shape index (κ1) is 44.3. The molecule has 4 unspecified atom stereocenters. The monoisotopic (exact) mass is 784 g/mol. The number of nitrogens with zero attached hydrogens (tertiary/aromatic N) is 1. The fourth-order valence-electron chi connectivity index (χ4n) is 5.32. The van der Waals surface area contributed by atoms with E-state index in [0.717, 1.165) is 12.5 Å². The summed E-state index contributed by atoms with van der Waals surface area (Å²) in [5.41, 5.74) is 3.67. The van der Waals surface area contributed by atoms with Crippen LogP contribution < -0.4 is 26.7 Å². The normalized spacial score (nSPS) is 16.5. The maximum atomic E-state index is 13.5. The molecule has 6 atom stereocenters. The van der Waals surface area contributed by atoms with Crippen molar-refractivity contribution in [3.63, 3.8) is 0 Å². The number of carbonyl (C=O) groups excluding carboxylic acids is 6. The van der Waals surface area contributed by atoms with Crippen molar-refractivity contribution >= 4 is 47.6 Å². The average Bonchev–Trinajstić information content (AvgIpc) is 3.95. The van der Waals surface area contributed by atoms with E-state index in [4.69, 9.17) is 9.47 Å². The Labute approximate surface area is 322 Å². The second kappa shape index (κ2) is 21.7. The Morgan fingerprint density at radius 3 is 1.95 bits per heavy atom. The molecule has 0 saturated carbocycles. The number of nitrogens with one attached hydrogen (secondary N) is 5. The van der Waals surface area contributed by atoms with Crippen LogP contribution in [0.5, 0.6) is 0 Å². The number of hydrazine groups is 1. The number of ether oxygens (including phenoxy) is 2. The molecule has 6 amide bonds. The molecule has 0 aliphatic carbocycles. The van der Waals surface area contributed by atoms with Gasteiger partial charge in [0.15, 0.2) is 12.2 Å². The molecule has 0 aromatic heterocycles. The van der Waals surface area contributed by atoms with Gasteiger partial charge in [-0.2, -0.15) is 0 Å². The molecule has 56 heavy (non-hydrogen) atoms. The molecule has 304 valence electrons. The summed E-state index contributed by atoms with van der Waals surface area (Å²) in [6.45, 7) is 3.68. The Hall–Kier alpha value is -6.08. The Kier molecular flexibility index (Phi) is 17.2. The van der Waals surface area contributed by atoms with Gasteiger partial charge in [0.1, 0.15) is 31.3 Å². The number of carbonyl (C=O) groups is 8. The van der Waals surface area contributed by atoms with Crippen LogP contribution in [0.1, 0.15) is 51.2 Å². The number of hydrogen-bond acceptors (Lipinski definition) is 11. The number of aliphatic carboxylic acids is 2. The second-order valence-corrected chi connectivity index (χ2v) is 13.4. The minimum Gasteiger partial charge on any atom is -0.481 e. The van der Waals surface area contributed by atoms with Crippen molar-refractivity contribution in [3.8, 4) is 0 Å². The average molecular weight is 785 g/mol. The van der Waals surface area contributed by atoms with Gasteiger partial charge in [-0.25, -0.2) is 9.80 Å².